The fourth-order valence-electron chi connectivity index (χ4n) is 2.94. The van der Waals surface area contributed by atoms with Gasteiger partial charge in [0.1, 0.15) is 11.6 Å². The van der Waals surface area contributed by atoms with Crippen LogP contribution in [0.4, 0.5) is 5.82 Å². The van der Waals surface area contributed by atoms with Crippen molar-refractivity contribution in [2.75, 3.05) is 26.0 Å². The zero-order valence-electron chi connectivity index (χ0n) is 15.0. The maximum absolute atomic E-state index is 4.65. The van der Waals surface area contributed by atoms with Gasteiger partial charge in [-0.3, -0.25) is 4.68 Å². The predicted octanol–water partition coefficient (Wildman–Crippen LogP) is 2.37. The van der Waals surface area contributed by atoms with E-state index in [1.165, 1.54) is 11.1 Å². The highest BCUT2D eigenvalue weighted by atomic mass is 15.3. The van der Waals surface area contributed by atoms with Gasteiger partial charge in [0, 0.05) is 27.2 Å². The van der Waals surface area contributed by atoms with E-state index in [9.17, 15) is 0 Å². The van der Waals surface area contributed by atoms with E-state index in [1.54, 1.807) is 4.68 Å². The van der Waals surface area contributed by atoms with Crippen molar-refractivity contribution in [2.24, 2.45) is 7.05 Å². The zero-order valence-corrected chi connectivity index (χ0v) is 15.0. The minimum Gasteiger partial charge on any atom is -0.355 e. The Labute approximate surface area is 142 Å². The van der Waals surface area contributed by atoms with E-state index >= 15 is 0 Å². The van der Waals surface area contributed by atoms with Gasteiger partial charge in [-0.25, -0.2) is 9.97 Å². The highest BCUT2D eigenvalue weighted by Gasteiger charge is 2.15. The number of aryl methyl sites for hydroxylation is 2. The van der Waals surface area contributed by atoms with Crippen LogP contribution >= 0.6 is 0 Å². The topological polar surface area (TPSA) is 50.1 Å². The van der Waals surface area contributed by atoms with Crippen LogP contribution < -0.4 is 4.90 Å². The van der Waals surface area contributed by atoms with Gasteiger partial charge in [0.05, 0.1) is 11.6 Å². The smallest absolute Gasteiger partial charge is 0.163 e. The van der Waals surface area contributed by atoms with Crippen molar-refractivity contribution in [1.29, 1.82) is 0 Å². The molecule has 0 aliphatic rings. The quantitative estimate of drug-likeness (QED) is 0.721. The summed E-state index contributed by atoms with van der Waals surface area (Å²) in [6, 6.07) is 8.56. The lowest BCUT2D eigenvalue weighted by Crippen LogP contribution is -2.21. The Balaban J connectivity index is 1.95. The molecular formula is C18H24N6. The van der Waals surface area contributed by atoms with Crippen LogP contribution in [0.1, 0.15) is 17.0 Å². The van der Waals surface area contributed by atoms with Crippen molar-refractivity contribution in [2.45, 2.75) is 20.0 Å². The molecule has 0 N–H and O–H groups in total. The number of rotatable bonds is 5. The average molecular weight is 324 g/mol. The molecule has 0 saturated carbocycles. The van der Waals surface area contributed by atoms with E-state index in [0.29, 0.717) is 0 Å². The average Bonchev–Trinajstić information content (AvgIpc) is 2.89. The Morgan fingerprint density at radius 2 is 1.67 bits per heavy atom. The van der Waals surface area contributed by atoms with Gasteiger partial charge in [0.15, 0.2) is 5.65 Å². The van der Waals surface area contributed by atoms with E-state index in [4.69, 9.17) is 0 Å². The second-order valence-electron chi connectivity index (χ2n) is 6.46. The summed E-state index contributed by atoms with van der Waals surface area (Å²) in [6.45, 7) is 3.64. The fourth-order valence-corrected chi connectivity index (χ4v) is 2.94. The summed E-state index contributed by atoms with van der Waals surface area (Å²) in [5, 5.41) is 5.31. The third kappa shape index (κ3) is 3.23. The molecule has 0 atom stereocenters. The maximum Gasteiger partial charge on any atom is 0.163 e. The lowest BCUT2D eigenvalue weighted by molar-refractivity contribution is 0.401. The van der Waals surface area contributed by atoms with Crippen molar-refractivity contribution >= 4 is 16.9 Å². The summed E-state index contributed by atoms with van der Waals surface area (Å²) in [5.74, 6) is 1.68. The van der Waals surface area contributed by atoms with Gasteiger partial charge >= 0.3 is 0 Å². The SMILES string of the molecule is Cc1nc(N(C)Cc2ccccc2CN(C)C)c2cnn(C)c2n1. The second-order valence-corrected chi connectivity index (χ2v) is 6.46. The van der Waals surface area contributed by atoms with E-state index in [2.05, 4.69) is 70.3 Å². The number of hydrogen-bond donors (Lipinski definition) is 0. The van der Waals surface area contributed by atoms with Crippen LogP contribution in [0, 0.1) is 6.92 Å². The van der Waals surface area contributed by atoms with Crippen molar-refractivity contribution in [1.82, 2.24) is 24.6 Å². The van der Waals surface area contributed by atoms with Crippen LogP contribution in [0.25, 0.3) is 11.0 Å². The number of nitrogens with zero attached hydrogens (tertiary/aromatic N) is 6. The molecule has 2 heterocycles. The Bertz CT molecular complexity index is 852. The molecule has 0 unspecified atom stereocenters. The van der Waals surface area contributed by atoms with Crippen LogP contribution in [0.15, 0.2) is 30.5 Å². The summed E-state index contributed by atoms with van der Waals surface area (Å²) in [6.07, 6.45) is 1.84. The van der Waals surface area contributed by atoms with Crippen LogP contribution in [0.3, 0.4) is 0 Å². The van der Waals surface area contributed by atoms with Gasteiger partial charge in [-0.1, -0.05) is 24.3 Å². The normalized spacial score (nSPS) is 11.4. The second kappa shape index (κ2) is 6.57. The number of anilines is 1. The molecule has 1 aromatic carbocycles. The van der Waals surface area contributed by atoms with Gasteiger partial charge in [-0.2, -0.15) is 5.10 Å². The molecule has 0 fully saturated rings. The van der Waals surface area contributed by atoms with Crippen LogP contribution in [-0.4, -0.2) is 45.8 Å². The molecule has 6 nitrogen and oxygen atoms in total. The summed E-state index contributed by atoms with van der Waals surface area (Å²) < 4.78 is 1.79. The lowest BCUT2D eigenvalue weighted by Gasteiger charge is -2.22. The minimum absolute atomic E-state index is 0.759. The molecule has 0 aliphatic heterocycles. The van der Waals surface area contributed by atoms with Crippen molar-refractivity contribution in [3.05, 3.63) is 47.4 Å². The standard InChI is InChI=1S/C18H24N6/c1-13-20-17(16-10-19-24(5)18(16)21-13)23(4)12-15-9-7-6-8-14(15)11-22(2)3/h6-10H,11-12H2,1-5H3. The van der Waals surface area contributed by atoms with Gasteiger partial charge in [-0.15, -0.1) is 0 Å². The van der Waals surface area contributed by atoms with Gasteiger partial charge in [-0.05, 0) is 32.1 Å². The van der Waals surface area contributed by atoms with Gasteiger partial charge in [0.25, 0.3) is 0 Å². The van der Waals surface area contributed by atoms with Crippen LogP contribution in [0.2, 0.25) is 0 Å². The lowest BCUT2D eigenvalue weighted by atomic mass is 10.1. The molecule has 0 radical (unpaired) electrons. The monoisotopic (exact) mass is 324 g/mol. The van der Waals surface area contributed by atoms with E-state index in [1.807, 2.05) is 20.2 Å². The van der Waals surface area contributed by atoms with Crippen LogP contribution in [-0.2, 0) is 20.1 Å². The van der Waals surface area contributed by atoms with E-state index < -0.39 is 0 Å². The highest BCUT2D eigenvalue weighted by molar-refractivity contribution is 5.86. The molecule has 0 amide bonds. The minimum atomic E-state index is 0.759. The van der Waals surface area contributed by atoms with Gasteiger partial charge in [0.2, 0.25) is 0 Å². The predicted molar refractivity (Wildman–Crippen MR) is 97.0 cm³/mol. The summed E-state index contributed by atoms with van der Waals surface area (Å²) in [5.41, 5.74) is 3.51. The summed E-state index contributed by atoms with van der Waals surface area (Å²) in [7, 11) is 8.16. The summed E-state index contributed by atoms with van der Waals surface area (Å²) in [4.78, 5) is 13.5. The van der Waals surface area contributed by atoms with E-state index in [0.717, 1.165) is 35.8 Å². The highest BCUT2D eigenvalue weighted by Crippen LogP contribution is 2.24. The van der Waals surface area contributed by atoms with Gasteiger partial charge < -0.3 is 9.80 Å². The first-order valence-electron chi connectivity index (χ1n) is 8.04. The zero-order chi connectivity index (χ0) is 17.3. The largest absolute Gasteiger partial charge is 0.355 e. The van der Waals surface area contributed by atoms with Crippen molar-refractivity contribution < 1.29 is 0 Å². The number of benzene rings is 1. The Morgan fingerprint density at radius 3 is 2.33 bits per heavy atom. The molecule has 0 aliphatic carbocycles. The first kappa shape index (κ1) is 16.4. The van der Waals surface area contributed by atoms with Crippen LogP contribution in [0.5, 0.6) is 0 Å². The first-order valence-corrected chi connectivity index (χ1v) is 8.04. The fraction of sp³-hybridized carbons (Fsp3) is 0.389. The third-order valence-corrected chi connectivity index (χ3v) is 4.06. The number of aromatic nitrogens is 4. The number of hydrogen-bond acceptors (Lipinski definition) is 5. The molecular weight excluding hydrogens is 300 g/mol. The Kier molecular flexibility index (Phi) is 4.49. The molecule has 0 saturated heterocycles. The maximum atomic E-state index is 4.65. The molecule has 24 heavy (non-hydrogen) atoms. The number of fused-ring (bicyclic) bond motifs is 1. The Hall–Kier alpha value is -2.47. The third-order valence-electron chi connectivity index (χ3n) is 4.06. The van der Waals surface area contributed by atoms with E-state index in [-0.39, 0.29) is 0 Å². The molecule has 6 heteroatoms. The molecule has 126 valence electrons. The molecule has 3 rings (SSSR count). The van der Waals surface area contributed by atoms with Crippen molar-refractivity contribution in [3.63, 3.8) is 0 Å². The molecule has 2 aromatic heterocycles. The summed E-state index contributed by atoms with van der Waals surface area (Å²) >= 11 is 0. The molecule has 0 spiro atoms. The molecule has 0 bridgehead atoms. The first-order chi connectivity index (χ1) is 11.5. The molecule has 3 aromatic rings. The Morgan fingerprint density at radius 1 is 1.00 bits per heavy atom. The van der Waals surface area contributed by atoms with Crippen molar-refractivity contribution in [3.8, 4) is 0 Å².